The predicted octanol–water partition coefficient (Wildman–Crippen LogP) is 3.93. The van der Waals surface area contributed by atoms with E-state index in [9.17, 15) is 0 Å². The van der Waals surface area contributed by atoms with Crippen LogP contribution < -0.4 is 9.47 Å². The molecule has 0 N–H and O–H groups in total. The molecular weight excluding hydrogens is 250 g/mol. The Labute approximate surface area is 112 Å². The Morgan fingerprint density at radius 3 is 2.56 bits per heavy atom. The van der Waals surface area contributed by atoms with E-state index in [1.165, 1.54) is 12.8 Å². The second-order valence-corrected chi connectivity index (χ2v) is 5.27. The Morgan fingerprint density at radius 1 is 1.33 bits per heavy atom. The van der Waals surface area contributed by atoms with Gasteiger partial charge >= 0.3 is 0 Å². The zero-order valence-electron chi connectivity index (χ0n) is 10.6. The lowest BCUT2D eigenvalue weighted by Gasteiger charge is -2.27. The number of methoxy groups -OCH3 is 1. The van der Waals surface area contributed by atoms with Gasteiger partial charge in [-0.05, 0) is 38.7 Å². The molecule has 1 aromatic carbocycles. The number of hydrogen-bond acceptors (Lipinski definition) is 3. The first-order chi connectivity index (χ1) is 8.58. The highest BCUT2D eigenvalue weighted by molar-refractivity contribution is 6.32. The second kappa shape index (κ2) is 5.07. The SMILES string of the molecule is COc1cc(C#N)cc(Cl)c1OC1(C)CCCC1. The molecule has 0 bridgehead atoms. The van der Waals surface area contributed by atoms with Gasteiger partial charge in [0.05, 0.1) is 23.8 Å². The molecule has 1 aliphatic carbocycles. The van der Waals surface area contributed by atoms with Gasteiger partial charge in [-0.2, -0.15) is 5.26 Å². The van der Waals surface area contributed by atoms with Crippen molar-refractivity contribution in [2.24, 2.45) is 0 Å². The van der Waals surface area contributed by atoms with Crippen LogP contribution in [0.2, 0.25) is 5.02 Å². The van der Waals surface area contributed by atoms with E-state index in [1.807, 2.05) is 0 Å². The van der Waals surface area contributed by atoms with Crippen LogP contribution in [-0.4, -0.2) is 12.7 Å². The highest BCUT2D eigenvalue weighted by Gasteiger charge is 2.32. The van der Waals surface area contributed by atoms with E-state index in [2.05, 4.69) is 13.0 Å². The minimum Gasteiger partial charge on any atom is -0.493 e. The molecule has 2 rings (SSSR count). The fourth-order valence-corrected chi connectivity index (χ4v) is 2.60. The van der Waals surface area contributed by atoms with E-state index in [1.54, 1.807) is 19.2 Å². The molecule has 0 radical (unpaired) electrons. The smallest absolute Gasteiger partial charge is 0.180 e. The summed E-state index contributed by atoms with van der Waals surface area (Å²) in [5.41, 5.74) is 0.297. The third-order valence-corrected chi connectivity index (χ3v) is 3.65. The molecule has 1 aromatic rings. The van der Waals surface area contributed by atoms with Crippen molar-refractivity contribution in [2.75, 3.05) is 7.11 Å². The standard InChI is InChI=1S/C14H16ClNO2/c1-14(5-3-4-6-14)18-13-11(15)7-10(9-16)8-12(13)17-2/h7-8H,3-6H2,1-2H3. The molecule has 0 aromatic heterocycles. The molecule has 1 saturated carbocycles. The van der Waals surface area contributed by atoms with Crippen LogP contribution in [0.5, 0.6) is 11.5 Å². The summed E-state index contributed by atoms with van der Waals surface area (Å²) >= 11 is 6.18. The Morgan fingerprint density at radius 2 is 2.00 bits per heavy atom. The number of nitriles is 1. The first kappa shape index (κ1) is 13.0. The molecule has 1 aliphatic rings. The molecule has 0 aliphatic heterocycles. The Bertz CT molecular complexity index is 487. The summed E-state index contributed by atoms with van der Waals surface area (Å²) in [5, 5.41) is 9.33. The topological polar surface area (TPSA) is 42.2 Å². The minimum atomic E-state index is -0.176. The molecule has 1 fully saturated rings. The molecule has 4 heteroatoms. The number of nitrogens with zero attached hydrogens (tertiary/aromatic N) is 1. The zero-order valence-corrected chi connectivity index (χ0v) is 11.4. The zero-order chi connectivity index (χ0) is 13.2. The summed E-state index contributed by atoms with van der Waals surface area (Å²) in [4.78, 5) is 0. The Balaban J connectivity index is 2.35. The third-order valence-electron chi connectivity index (χ3n) is 3.37. The average Bonchev–Trinajstić information content (AvgIpc) is 2.78. The van der Waals surface area contributed by atoms with Crippen molar-refractivity contribution in [3.05, 3.63) is 22.7 Å². The second-order valence-electron chi connectivity index (χ2n) is 4.86. The van der Waals surface area contributed by atoms with E-state index in [4.69, 9.17) is 26.3 Å². The Hall–Kier alpha value is -1.40. The van der Waals surface area contributed by atoms with Gasteiger partial charge in [0.1, 0.15) is 5.60 Å². The van der Waals surface area contributed by atoms with Gasteiger partial charge in [-0.25, -0.2) is 0 Å². The maximum atomic E-state index is 8.90. The van der Waals surface area contributed by atoms with E-state index in [-0.39, 0.29) is 5.60 Å². The number of hydrogen-bond donors (Lipinski definition) is 0. The largest absolute Gasteiger partial charge is 0.493 e. The van der Waals surface area contributed by atoms with Gasteiger partial charge in [-0.1, -0.05) is 11.6 Å². The highest BCUT2D eigenvalue weighted by atomic mass is 35.5. The quantitative estimate of drug-likeness (QED) is 0.831. The summed E-state index contributed by atoms with van der Waals surface area (Å²) < 4.78 is 11.3. The average molecular weight is 266 g/mol. The molecule has 0 saturated heterocycles. The van der Waals surface area contributed by atoms with Gasteiger partial charge in [0, 0.05) is 6.07 Å². The maximum Gasteiger partial charge on any atom is 0.180 e. The molecule has 0 spiro atoms. The molecule has 0 amide bonds. The Kier molecular flexibility index (Phi) is 3.68. The summed E-state index contributed by atoms with van der Waals surface area (Å²) in [7, 11) is 1.55. The van der Waals surface area contributed by atoms with Crippen molar-refractivity contribution < 1.29 is 9.47 Å². The number of halogens is 1. The number of rotatable bonds is 3. The van der Waals surface area contributed by atoms with Gasteiger partial charge < -0.3 is 9.47 Å². The molecule has 0 unspecified atom stereocenters. The summed E-state index contributed by atoms with van der Waals surface area (Å²) in [6, 6.07) is 5.31. The van der Waals surface area contributed by atoms with Crippen molar-refractivity contribution in [1.29, 1.82) is 5.26 Å². The van der Waals surface area contributed by atoms with Crippen LogP contribution in [0.25, 0.3) is 0 Å². The van der Waals surface area contributed by atoms with Crippen molar-refractivity contribution in [2.45, 2.75) is 38.2 Å². The van der Waals surface area contributed by atoms with Gasteiger partial charge in [0.2, 0.25) is 0 Å². The summed E-state index contributed by atoms with van der Waals surface area (Å²) in [5.74, 6) is 1.06. The van der Waals surface area contributed by atoms with E-state index in [0.717, 1.165) is 12.8 Å². The lowest BCUT2D eigenvalue weighted by atomic mass is 10.1. The first-order valence-corrected chi connectivity index (χ1v) is 6.42. The number of ether oxygens (including phenoxy) is 2. The van der Waals surface area contributed by atoms with Crippen molar-refractivity contribution in [3.8, 4) is 17.6 Å². The normalized spacial score (nSPS) is 17.2. The van der Waals surface area contributed by atoms with Gasteiger partial charge in [0.15, 0.2) is 11.5 Å². The molecule has 3 nitrogen and oxygen atoms in total. The molecular formula is C14H16ClNO2. The van der Waals surface area contributed by atoms with E-state index in [0.29, 0.717) is 22.1 Å². The van der Waals surface area contributed by atoms with Crippen LogP contribution in [0.1, 0.15) is 38.2 Å². The molecule has 18 heavy (non-hydrogen) atoms. The van der Waals surface area contributed by atoms with Crippen molar-refractivity contribution in [1.82, 2.24) is 0 Å². The first-order valence-electron chi connectivity index (χ1n) is 6.05. The maximum absolute atomic E-state index is 8.90. The van der Waals surface area contributed by atoms with Crippen LogP contribution in [0.15, 0.2) is 12.1 Å². The van der Waals surface area contributed by atoms with Gasteiger partial charge in [0.25, 0.3) is 0 Å². The van der Waals surface area contributed by atoms with Crippen LogP contribution in [0.4, 0.5) is 0 Å². The van der Waals surface area contributed by atoms with Crippen LogP contribution in [0.3, 0.4) is 0 Å². The van der Waals surface area contributed by atoms with Crippen LogP contribution in [-0.2, 0) is 0 Å². The monoisotopic (exact) mass is 265 g/mol. The predicted molar refractivity (Wildman–Crippen MR) is 70.2 cm³/mol. The fraction of sp³-hybridized carbons (Fsp3) is 0.500. The lowest BCUT2D eigenvalue weighted by molar-refractivity contribution is 0.0928. The minimum absolute atomic E-state index is 0.176. The third kappa shape index (κ3) is 2.54. The van der Waals surface area contributed by atoms with Gasteiger partial charge in [-0.3, -0.25) is 0 Å². The van der Waals surface area contributed by atoms with Crippen molar-refractivity contribution in [3.63, 3.8) is 0 Å². The highest BCUT2D eigenvalue weighted by Crippen LogP contribution is 2.42. The van der Waals surface area contributed by atoms with Crippen LogP contribution >= 0.6 is 11.6 Å². The number of benzene rings is 1. The van der Waals surface area contributed by atoms with Crippen LogP contribution in [0, 0.1) is 11.3 Å². The summed E-state index contributed by atoms with van der Waals surface area (Å²) in [6.07, 6.45) is 4.39. The lowest BCUT2D eigenvalue weighted by Crippen LogP contribution is -2.28. The molecule has 96 valence electrons. The fourth-order valence-electron chi connectivity index (χ4n) is 2.35. The molecule has 0 atom stereocenters. The summed E-state index contributed by atoms with van der Waals surface area (Å²) in [6.45, 7) is 2.09. The van der Waals surface area contributed by atoms with Crippen molar-refractivity contribution >= 4 is 11.6 Å². The molecule has 0 heterocycles. The van der Waals surface area contributed by atoms with E-state index < -0.39 is 0 Å². The van der Waals surface area contributed by atoms with E-state index >= 15 is 0 Å². The van der Waals surface area contributed by atoms with Gasteiger partial charge in [-0.15, -0.1) is 0 Å².